The van der Waals surface area contributed by atoms with Crippen LogP contribution in [0.25, 0.3) is 0 Å². The molecule has 1 aromatic rings. The van der Waals surface area contributed by atoms with Crippen molar-refractivity contribution in [3.05, 3.63) is 22.7 Å². The average Bonchev–Trinajstić information content (AvgIpc) is 2.31. The number of aromatic nitrogens is 2. The largest absolute Gasteiger partial charge is 0.257 e. The van der Waals surface area contributed by atoms with E-state index in [0.29, 0.717) is 23.6 Å². The van der Waals surface area contributed by atoms with Crippen LogP contribution in [0.5, 0.6) is 0 Å². The molecule has 1 atom stereocenters. The fourth-order valence-corrected chi connectivity index (χ4v) is 3.38. The summed E-state index contributed by atoms with van der Waals surface area (Å²) in [6, 6.07) is 0. The lowest BCUT2D eigenvalue weighted by atomic mass is 9.95. The maximum atomic E-state index is 11.5. The van der Waals surface area contributed by atoms with Crippen molar-refractivity contribution in [3.63, 3.8) is 0 Å². The highest BCUT2D eigenvalue weighted by Gasteiger charge is 2.26. The van der Waals surface area contributed by atoms with E-state index in [4.69, 9.17) is 0 Å². The minimum atomic E-state index is -3.07. The van der Waals surface area contributed by atoms with E-state index >= 15 is 0 Å². The standard InChI is InChI=1S/C11H16BrN3O2S/c1-18(16,17)15-4-2-3-9(8-15)5-10-6-14-11(12)7-13-10/h6-7,9H,2-5,8H2,1H3. The Bertz CT molecular complexity index is 504. The topological polar surface area (TPSA) is 63.2 Å². The van der Waals surface area contributed by atoms with Crippen molar-refractivity contribution in [2.24, 2.45) is 5.92 Å². The van der Waals surface area contributed by atoms with Crippen LogP contribution in [-0.4, -0.2) is 42.0 Å². The molecule has 0 amide bonds. The molecule has 1 aliphatic heterocycles. The van der Waals surface area contributed by atoms with Gasteiger partial charge in [-0.05, 0) is 41.1 Å². The van der Waals surface area contributed by atoms with Crippen molar-refractivity contribution < 1.29 is 8.42 Å². The second kappa shape index (κ2) is 5.63. The zero-order valence-electron chi connectivity index (χ0n) is 10.2. The minimum absolute atomic E-state index is 0.337. The maximum absolute atomic E-state index is 11.5. The molecule has 2 heterocycles. The Labute approximate surface area is 116 Å². The van der Waals surface area contributed by atoms with Crippen LogP contribution in [0.3, 0.4) is 0 Å². The zero-order chi connectivity index (χ0) is 13.2. The third kappa shape index (κ3) is 3.73. The van der Waals surface area contributed by atoms with Gasteiger partial charge in [-0.15, -0.1) is 0 Å². The third-order valence-electron chi connectivity index (χ3n) is 3.12. The first-order valence-corrected chi connectivity index (χ1v) is 8.51. The van der Waals surface area contributed by atoms with Gasteiger partial charge in [0.1, 0.15) is 4.60 Å². The molecule has 1 fully saturated rings. The van der Waals surface area contributed by atoms with Crippen LogP contribution in [-0.2, 0) is 16.4 Å². The van der Waals surface area contributed by atoms with Crippen LogP contribution >= 0.6 is 15.9 Å². The molecule has 1 aromatic heterocycles. The smallest absolute Gasteiger partial charge is 0.211 e. The third-order valence-corrected chi connectivity index (χ3v) is 4.80. The molecule has 0 spiro atoms. The van der Waals surface area contributed by atoms with Gasteiger partial charge in [-0.25, -0.2) is 17.7 Å². The molecule has 1 saturated heterocycles. The molecule has 7 heteroatoms. The highest BCUT2D eigenvalue weighted by atomic mass is 79.9. The van der Waals surface area contributed by atoms with Crippen LogP contribution in [0, 0.1) is 5.92 Å². The van der Waals surface area contributed by atoms with E-state index in [1.807, 2.05) is 0 Å². The summed E-state index contributed by atoms with van der Waals surface area (Å²) in [6.45, 7) is 1.23. The lowest BCUT2D eigenvalue weighted by Gasteiger charge is -2.30. The van der Waals surface area contributed by atoms with Gasteiger partial charge in [0.2, 0.25) is 10.0 Å². The van der Waals surface area contributed by atoms with Gasteiger partial charge in [0.05, 0.1) is 18.1 Å². The molecule has 100 valence electrons. The maximum Gasteiger partial charge on any atom is 0.211 e. The van der Waals surface area contributed by atoms with Gasteiger partial charge < -0.3 is 0 Å². The van der Waals surface area contributed by atoms with E-state index in [2.05, 4.69) is 25.9 Å². The normalized spacial score (nSPS) is 22.0. The number of rotatable bonds is 3. The van der Waals surface area contributed by atoms with Crippen LogP contribution in [0.1, 0.15) is 18.5 Å². The first-order chi connectivity index (χ1) is 8.45. The minimum Gasteiger partial charge on any atom is -0.257 e. The number of hydrogen-bond acceptors (Lipinski definition) is 4. The molecule has 0 bridgehead atoms. The molecule has 5 nitrogen and oxygen atoms in total. The fourth-order valence-electron chi connectivity index (χ4n) is 2.23. The van der Waals surface area contributed by atoms with Crippen molar-refractivity contribution in [3.8, 4) is 0 Å². The second-order valence-electron chi connectivity index (χ2n) is 4.66. The lowest BCUT2D eigenvalue weighted by molar-refractivity contribution is 0.265. The molecule has 0 saturated carbocycles. The summed E-state index contributed by atoms with van der Waals surface area (Å²) in [6.07, 6.45) is 7.43. The van der Waals surface area contributed by atoms with Crippen LogP contribution in [0.15, 0.2) is 17.0 Å². The van der Waals surface area contributed by atoms with E-state index < -0.39 is 10.0 Å². The van der Waals surface area contributed by atoms with E-state index in [0.717, 1.165) is 25.0 Å². The predicted octanol–water partition coefficient (Wildman–Crippen LogP) is 1.45. The summed E-state index contributed by atoms with van der Waals surface area (Å²) in [5.41, 5.74) is 0.915. The Kier molecular flexibility index (Phi) is 4.34. The van der Waals surface area contributed by atoms with Crippen LogP contribution in [0.2, 0.25) is 0 Å². The van der Waals surface area contributed by atoms with Gasteiger partial charge in [0.15, 0.2) is 0 Å². The van der Waals surface area contributed by atoms with Crippen LogP contribution < -0.4 is 0 Å². The molecule has 18 heavy (non-hydrogen) atoms. The monoisotopic (exact) mass is 333 g/mol. The molecule has 1 aliphatic rings. The van der Waals surface area contributed by atoms with Gasteiger partial charge in [-0.3, -0.25) is 4.98 Å². The van der Waals surface area contributed by atoms with Crippen molar-refractivity contribution in [2.45, 2.75) is 19.3 Å². The first-order valence-electron chi connectivity index (χ1n) is 5.86. The predicted molar refractivity (Wildman–Crippen MR) is 72.6 cm³/mol. The highest BCUT2D eigenvalue weighted by molar-refractivity contribution is 9.10. The lowest BCUT2D eigenvalue weighted by Crippen LogP contribution is -2.39. The molecule has 0 N–H and O–H groups in total. The molecular formula is C11H16BrN3O2S. The van der Waals surface area contributed by atoms with Crippen molar-refractivity contribution in [1.82, 2.24) is 14.3 Å². The van der Waals surface area contributed by atoms with Gasteiger partial charge in [0, 0.05) is 19.3 Å². The summed E-state index contributed by atoms with van der Waals surface area (Å²) in [7, 11) is -3.07. The first kappa shape index (κ1) is 13.9. The summed E-state index contributed by atoms with van der Waals surface area (Å²) >= 11 is 3.25. The Morgan fingerprint density at radius 3 is 2.83 bits per heavy atom. The van der Waals surface area contributed by atoms with Crippen molar-refractivity contribution in [2.75, 3.05) is 19.3 Å². The van der Waals surface area contributed by atoms with E-state index in [1.54, 1.807) is 16.7 Å². The summed E-state index contributed by atoms with van der Waals surface area (Å²) in [5, 5.41) is 0. The number of piperidine rings is 1. The van der Waals surface area contributed by atoms with Crippen molar-refractivity contribution in [1.29, 1.82) is 0 Å². The Morgan fingerprint density at radius 1 is 1.44 bits per heavy atom. The molecule has 0 radical (unpaired) electrons. The molecule has 0 aromatic carbocycles. The highest BCUT2D eigenvalue weighted by Crippen LogP contribution is 2.21. The number of hydrogen-bond donors (Lipinski definition) is 0. The summed E-state index contributed by atoms with van der Waals surface area (Å²) < 4.78 is 25.3. The molecular weight excluding hydrogens is 318 g/mol. The SMILES string of the molecule is CS(=O)(=O)N1CCCC(Cc2cnc(Br)cn2)C1. The average molecular weight is 334 g/mol. The van der Waals surface area contributed by atoms with Crippen molar-refractivity contribution >= 4 is 26.0 Å². The van der Waals surface area contributed by atoms with E-state index in [1.165, 1.54) is 6.26 Å². The van der Waals surface area contributed by atoms with Gasteiger partial charge in [0.25, 0.3) is 0 Å². The molecule has 2 rings (SSSR count). The fraction of sp³-hybridized carbons (Fsp3) is 0.636. The number of sulfonamides is 1. The Morgan fingerprint density at radius 2 is 2.22 bits per heavy atom. The van der Waals surface area contributed by atoms with E-state index in [9.17, 15) is 8.42 Å². The number of halogens is 1. The van der Waals surface area contributed by atoms with Crippen LogP contribution in [0.4, 0.5) is 0 Å². The van der Waals surface area contributed by atoms with Gasteiger partial charge >= 0.3 is 0 Å². The molecule has 1 unspecified atom stereocenters. The number of nitrogens with zero attached hydrogens (tertiary/aromatic N) is 3. The second-order valence-corrected chi connectivity index (χ2v) is 7.46. The summed E-state index contributed by atoms with van der Waals surface area (Å²) in [4.78, 5) is 8.42. The van der Waals surface area contributed by atoms with Gasteiger partial charge in [-0.2, -0.15) is 0 Å². The van der Waals surface area contributed by atoms with E-state index in [-0.39, 0.29) is 0 Å². The van der Waals surface area contributed by atoms with Gasteiger partial charge in [-0.1, -0.05) is 0 Å². The molecule has 0 aliphatic carbocycles. The summed E-state index contributed by atoms with van der Waals surface area (Å²) in [5.74, 6) is 0.337. The zero-order valence-corrected chi connectivity index (χ0v) is 12.6. The Balaban J connectivity index is 2.00. The Hall–Kier alpha value is -0.530. The quantitative estimate of drug-likeness (QED) is 0.839.